The van der Waals surface area contributed by atoms with Crippen LogP contribution < -0.4 is 10.6 Å². The summed E-state index contributed by atoms with van der Waals surface area (Å²) in [6.07, 6.45) is 6.26. The van der Waals surface area contributed by atoms with Gasteiger partial charge in [0.1, 0.15) is 17.2 Å². The first-order valence-electron chi connectivity index (χ1n) is 13.2. The van der Waals surface area contributed by atoms with Crippen molar-refractivity contribution in [2.75, 3.05) is 43.5 Å². The summed E-state index contributed by atoms with van der Waals surface area (Å²) in [6, 6.07) is 1.72. The first kappa shape index (κ1) is 28.0. The lowest BCUT2D eigenvalue weighted by molar-refractivity contribution is -0.121. The van der Waals surface area contributed by atoms with Crippen molar-refractivity contribution in [1.29, 1.82) is 0 Å². The highest BCUT2D eigenvalue weighted by atomic mass is 35.5. The molecule has 2 fully saturated rings. The van der Waals surface area contributed by atoms with Crippen molar-refractivity contribution in [3.63, 3.8) is 0 Å². The first-order valence-corrected chi connectivity index (χ1v) is 13.6. The van der Waals surface area contributed by atoms with Crippen molar-refractivity contribution in [1.82, 2.24) is 19.9 Å². The number of carbonyl (C=O) groups is 2. The highest BCUT2D eigenvalue weighted by molar-refractivity contribution is 6.33. The van der Waals surface area contributed by atoms with Crippen molar-refractivity contribution in [2.24, 2.45) is 11.8 Å². The number of carbonyl (C=O) groups excluding carboxylic acids is 2. The molecule has 2 N–H and O–H groups in total. The van der Waals surface area contributed by atoms with Gasteiger partial charge in [0.15, 0.2) is 0 Å². The molecule has 4 heterocycles. The number of hydrogen-bond acceptors (Lipinski definition) is 8. The summed E-state index contributed by atoms with van der Waals surface area (Å²) >= 11 is 6.51. The lowest BCUT2D eigenvalue weighted by atomic mass is 9.97. The Kier molecular flexibility index (Phi) is 9.04. The normalized spacial score (nSPS) is 18.7. The van der Waals surface area contributed by atoms with E-state index in [0.29, 0.717) is 59.0 Å². The largest absolute Gasteiger partial charge is 0.444 e. The summed E-state index contributed by atoms with van der Waals surface area (Å²) in [5.74, 6) is 1.00. The zero-order valence-corrected chi connectivity index (χ0v) is 23.3. The molecule has 0 saturated carbocycles. The summed E-state index contributed by atoms with van der Waals surface area (Å²) in [7, 11) is 0. The van der Waals surface area contributed by atoms with Gasteiger partial charge < -0.3 is 25.0 Å². The number of pyridine rings is 1. The van der Waals surface area contributed by atoms with E-state index in [4.69, 9.17) is 26.1 Å². The quantitative estimate of drug-likeness (QED) is 0.525. The van der Waals surface area contributed by atoms with Crippen LogP contribution in [0.2, 0.25) is 5.02 Å². The van der Waals surface area contributed by atoms with Gasteiger partial charge in [-0.15, -0.1) is 0 Å². The zero-order chi connectivity index (χ0) is 27.3. The third-order valence-electron chi connectivity index (χ3n) is 6.67. The minimum atomic E-state index is -0.589. The van der Waals surface area contributed by atoms with Crippen molar-refractivity contribution in [2.45, 2.75) is 59.0 Å². The lowest BCUT2D eigenvalue weighted by Gasteiger charge is -2.33. The highest BCUT2D eigenvalue weighted by Gasteiger charge is 2.31. The Morgan fingerprint density at radius 2 is 1.92 bits per heavy atom. The van der Waals surface area contributed by atoms with Crippen molar-refractivity contribution >= 4 is 35.2 Å². The molecular formula is C27H37ClN6O4. The number of aromatic nitrogens is 3. The molecule has 4 rings (SSSR count). The van der Waals surface area contributed by atoms with Gasteiger partial charge in [0.05, 0.1) is 28.5 Å². The fraction of sp³-hybridized carbons (Fsp3) is 0.593. The molecule has 11 heteroatoms. The molecule has 2 aliphatic heterocycles. The van der Waals surface area contributed by atoms with Crippen LogP contribution in [-0.4, -0.2) is 70.3 Å². The van der Waals surface area contributed by atoms with E-state index < -0.39 is 11.7 Å². The van der Waals surface area contributed by atoms with E-state index in [9.17, 15) is 9.59 Å². The summed E-state index contributed by atoms with van der Waals surface area (Å²) < 4.78 is 10.9. The Bertz CT molecular complexity index is 1150. The molecule has 206 valence electrons. The molecule has 38 heavy (non-hydrogen) atoms. The van der Waals surface area contributed by atoms with Gasteiger partial charge in [-0.1, -0.05) is 11.6 Å². The van der Waals surface area contributed by atoms with Gasteiger partial charge in [0.25, 0.3) is 0 Å². The van der Waals surface area contributed by atoms with Crippen molar-refractivity contribution in [3.8, 4) is 11.3 Å². The van der Waals surface area contributed by atoms with E-state index >= 15 is 0 Å². The predicted molar refractivity (Wildman–Crippen MR) is 146 cm³/mol. The second kappa shape index (κ2) is 12.3. The average Bonchev–Trinajstić information content (AvgIpc) is 2.89. The average molecular weight is 545 g/mol. The molecule has 1 atom stereocenters. The number of nitrogens with one attached hydrogen (secondary N) is 2. The van der Waals surface area contributed by atoms with E-state index in [1.807, 2.05) is 27.7 Å². The minimum Gasteiger partial charge on any atom is -0.444 e. The van der Waals surface area contributed by atoms with E-state index in [-0.39, 0.29) is 11.8 Å². The van der Waals surface area contributed by atoms with Gasteiger partial charge in [-0.3, -0.25) is 9.78 Å². The number of rotatable bonds is 6. The second-order valence-electron chi connectivity index (χ2n) is 10.9. The molecule has 0 spiro atoms. The molecule has 2 aromatic heterocycles. The van der Waals surface area contributed by atoms with E-state index in [2.05, 4.69) is 20.6 Å². The van der Waals surface area contributed by atoms with Crippen LogP contribution in [0.3, 0.4) is 0 Å². The van der Waals surface area contributed by atoms with E-state index in [1.54, 1.807) is 17.2 Å². The van der Waals surface area contributed by atoms with Crippen LogP contribution in [0.15, 0.2) is 18.5 Å². The molecule has 0 aliphatic carbocycles. The van der Waals surface area contributed by atoms with Gasteiger partial charge in [-0.2, -0.15) is 0 Å². The van der Waals surface area contributed by atoms with Gasteiger partial charge >= 0.3 is 6.09 Å². The number of aryl methyl sites for hydroxylation is 1. The number of likely N-dealkylation sites (tertiary alicyclic amines) is 1. The predicted octanol–water partition coefficient (Wildman–Crippen LogP) is 4.92. The summed E-state index contributed by atoms with van der Waals surface area (Å²) in [6.45, 7) is 10.6. The smallest absolute Gasteiger partial charge is 0.410 e. The van der Waals surface area contributed by atoms with Crippen LogP contribution in [-0.2, 0) is 14.3 Å². The van der Waals surface area contributed by atoms with Crippen LogP contribution in [0.1, 0.15) is 52.1 Å². The van der Waals surface area contributed by atoms with Crippen LogP contribution in [0, 0.1) is 18.8 Å². The van der Waals surface area contributed by atoms with Crippen LogP contribution in [0.25, 0.3) is 11.3 Å². The maximum atomic E-state index is 13.1. The summed E-state index contributed by atoms with van der Waals surface area (Å²) in [5.41, 5.74) is 1.39. The van der Waals surface area contributed by atoms with Crippen LogP contribution in [0.5, 0.6) is 0 Å². The standard InChI is InChI=1S/C27H37ClN6O4/c1-17-24(32-23(15-29-17)30-13-18-7-10-37-11-8-18)20-12-22(31-14-21(20)28)33-25(35)19-6-5-9-34(16-19)26(36)38-27(2,3)4/h12,14-15,18-19H,5-11,13,16H2,1-4H3,(H,30,32)(H,31,33,35)/t19-/m1/s1. The van der Waals surface area contributed by atoms with Gasteiger partial charge in [-0.05, 0) is 65.4 Å². The number of amides is 2. The van der Waals surface area contributed by atoms with Crippen LogP contribution >= 0.6 is 11.6 Å². The molecule has 2 amide bonds. The first-order chi connectivity index (χ1) is 18.1. The molecule has 0 unspecified atom stereocenters. The number of hydrogen-bond donors (Lipinski definition) is 2. The van der Waals surface area contributed by atoms with Gasteiger partial charge in [0, 0.05) is 44.6 Å². The Balaban J connectivity index is 1.44. The van der Waals surface area contributed by atoms with Crippen LogP contribution in [0.4, 0.5) is 16.4 Å². The number of nitrogens with zero attached hydrogens (tertiary/aromatic N) is 4. The second-order valence-corrected chi connectivity index (χ2v) is 11.3. The number of ether oxygens (including phenoxy) is 2. The lowest BCUT2D eigenvalue weighted by Crippen LogP contribution is -2.45. The van der Waals surface area contributed by atoms with E-state index in [0.717, 1.165) is 39.0 Å². The molecule has 2 saturated heterocycles. The molecule has 2 aliphatic rings. The summed E-state index contributed by atoms with van der Waals surface area (Å²) in [5, 5.41) is 6.70. The number of piperidine rings is 1. The fourth-order valence-corrected chi connectivity index (χ4v) is 4.78. The highest BCUT2D eigenvalue weighted by Crippen LogP contribution is 2.31. The Hall–Kier alpha value is -2.98. The van der Waals surface area contributed by atoms with Gasteiger partial charge in [0.2, 0.25) is 5.91 Å². The maximum Gasteiger partial charge on any atom is 0.410 e. The third-order valence-corrected chi connectivity index (χ3v) is 6.97. The minimum absolute atomic E-state index is 0.200. The molecule has 10 nitrogen and oxygen atoms in total. The summed E-state index contributed by atoms with van der Waals surface area (Å²) in [4.78, 5) is 40.8. The Morgan fingerprint density at radius 1 is 1.16 bits per heavy atom. The molecule has 0 radical (unpaired) electrons. The Morgan fingerprint density at radius 3 is 2.66 bits per heavy atom. The van der Waals surface area contributed by atoms with Gasteiger partial charge in [-0.25, -0.2) is 14.8 Å². The Labute approximate surface area is 228 Å². The third kappa shape index (κ3) is 7.54. The molecule has 2 aromatic rings. The fourth-order valence-electron chi connectivity index (χ4n) is 4.59. The monoisotopic (exact) mass is 544 g/mol. The number of anilines is 2. The SMILES string of the molecule is Cc1ncc(NCC2CCOCC2)nc1-c1cc(NC(=O)[C@@H]2CCCN(C(=O)OC(C)(C)C)C2)ncc1Cl. The molecular weight excluding hydrogens is 508 g/mol. The zero-order valence-electron chi connectivity index (χ0n) is 22.6. The maximum absolute atomic E-state index is 13.1. The molecule has 0 aromatic carbocycles. The van der Waals surface area contributed by atoms with E-state index in [1.165, 1.54) is 6.20 Å². The van der Waals surface area contributed by atoms with Crippen molar-refractivity contribution < 1.29 is 19.1 Å². The molecule has 0 bridgehead atoms. The van der Waals surface area contributed by atoms with Crippen molar-refractivity contribution in [3.05, 3.63) is 29.2 Å². The topological polar surface area (TPSA) is 119 Å². The number of halogens is 1.